The normalized spacial score (nSPS) is 17.4. The molecule has 3 nitrogen and oxygen atoms in total. The molecule has 0 saturated heterocycles. The lowest BCUT2D eigenvalue weighted by Crippen LogP contribution is -2.42. The van der Waals surface area contributed by atoms with Gasteiger partial charge in [-0.05, 0) is 12.3 Å². The van der Waals surface area contributed by atoms with Crippen LogP contribution in [0.5, 0.6) is 0 Å². The lowest BCUT2D eigenvalue weighted by atomic mass is 9.94. The number of rotatable bonds is 13. The van der Waals surface area contributed by atoms with Crippen LogP contribution in [0.1, 0.15) is 84.5 Å². The maximum Gasteiger partial charge on any atom is 0.114 e. The van der Waals surface area contributed by atoms with Gasteiger partial charge < -0.3 is 11.1 Å². The number of unbranched alkanes of at least 4 members (excludes halogenated alkanes) is 9. The van der Waals surface area contributed by atoms with E-state index in [-0.39, 0.29) is 6.04 Å². The molecule has 0 aromatic carbocycles. The fourth-order valence-electron chi connectivity index (χ4n) is 3.04. The second-order valence-corrected chi connectivity index (χ2v) is 6.67. The van der Waals surface area contributed by atoms with E-state index in [0.29, 0.717) is 5.92 Å². The summed E-state index contributed by atoms with van der Waals surface area (Å²) < 4.78 is 0. The fourth-order valence-corrected chi connectivity index (χ4v) is 3.04. The monoisotopic (exact) mass is 295 g/mol. The van der Waals surface area contributed by atoms with Crippen LogP contribution in [0.15, 0.2) is 4.99 Å². The van der Waals surface area contributed by atoms with Crippen molar-refractivity contribution in [1.82, 2.24) is 5.32 Å². The van der Waals surface area contributed by atoms with Crippen molar-refractivity contribution in [1.29, 1.82) is 0 Å². The Bertz CT molecular complexity index is 276. The highest BCUT2D eigenvalue weighted by Crippen LogP contribution is 2.16. The minimum atomic E-state index is 0.117. The highest BCUT2D eigenvalue weighted by molar-refractivity contribution is 5.88. The summed E-state index contributed by atoms with van der Waals surface area (Å²) in [6, 6.07) is 0.117. The zero-order valence-corrected chi connectivity index (χ0v) is 14.4. The van der Waals surface area contributed by atoms with Crippen LogP contribution in [0, 0.1) is 5.92 Å². The van der Waals surface area contributed by atoms with Crippen LogP contribution < -0.4 is 11.1 Å². The molecule has 1 rings (SSSR count). The second kappa shape index (κ2) is 12.0. The summed E-state index contributed by atoms with van der Waals surface area (Å²) in [6.45, 7) is 6.41. The molecule has 0 aromatic heterocycles. The SMILES string of the molecule is CCCCCCCCCCCCC(C)C(N)C1=NCCN1. The van der Waals surface area contributed by atoms with E-state index in [9.17, 15) is 0 Å². The lowest BCUT2D eigenvalue weighted by molar-refractivity contribution is 0.454. The summed E-state index contributed by atoms with van der Waals surface area (Å²) in [5, 5.41) is 3.30. The van der Waals surface area contributed by atoms with Crippen LogP contribution in [-0.4, -0.2) is 25.0 Å². The average Bonchev–Trinajstić information content (AvgIpc) is 3.02. The molecule has 1 aliphatic heterocycles. The molecule has 0 aromatic rings. The number of hydrogen-bond donors (Lipinski definition) is 2. The van der Waals surface area contributed by atoms with Crippen molar-refractivity contribution in [2.24, 2.45) is 16.6 Å². The van der Waals surface area contributed by atoms with E-state index in [2.05, 4.69) is 24.2 Å². The summed E-state index contributed by atoms with van der Waals surface area (Å²) >= 11 is 0. The van der Waals surface area contributed by atoms with Crippen molar-refractivity contribution in [3.8, 4) is 0 Å². The van der Waals surface area contributed by atoms with Crippen molar-refractivity contribution in [2.45, 2.75) is 90.5 Å². The van der Waals surface area contributed by atoms with Gasteiger partial charge in [-0.15, -0.1) is 0 Å². The average molecular weight is 296 g/mol. The molecule has 2 unspecified atom stereocenters. The third-order valence-electron chi connectivity index (χ3n) is 4.64. The van der Waals surface area contributed by atoms with Gasteiger partial charge >= 0.3 is 0 Å². The lowest BCUT2D eigenvalue weighted by Gasteiger charge is -2.20. The number of aliphatic imine (C=N–C) groups is 1. The third kappa shape index (κ3) is 8.45. The van der Waals surface area contributed by atoms with Gasteiger partial charge in [-0.3, -0.25) is 4.99 Å². The third-order valence-corrected chi connectivity index (χ3v) is 4.64. The van der Waals surface area contributed by atoms with Gasteiger partial charge in [0.05, 0.1) is 12.6 Å². The highest BCUT2D eigenvalue weighted by Gasteiger charge is 2.20. The van der Waals surface area contributed by atoms with Crippen molar-refractivity contribution >= 4 is 5.84 Å². The standard InChI is InChI=1S/C18H37N3/c1-3-4-5-6-7-8-9-10-11-12-13-16(2)17(19)18-20-14-15-21-18/h16-17H,3-15,19H2,1-2H3,(H,20,21). The first-order chi connectivity index (χ1) is 10.3. The molecule has 3 heteroatoms. The van der Waals surface area contributed by atoms with E-state index in [1.807, 2.05) is 0 Å². The molecule has 0 spiro atoms. The summed E-state index contributed by atoms with van der Waals surface area (Å²) in [7, 11) is 0. The minimum Gasteiger partial charge on any atom is -0.371 e. The number of nitrogens with two attached hydrogens (primary N) is 1. The fraction of sp³-hybridized carbons (Fsp3) is 0.944. The topological polar surface area (TPSA) is 50.4 Å². The van der Waals surface area contributed by atoms with E-state index in [0.717, 1.165) is 18.9 Å². The Balaban J connectivity index is 1.89. The molecule has 0 saturated carbocycles. The zero-order valence-electron chi connectivity index (χ0n) is 14.4. The van der Waals surface area contributed by atoms with Crippen LogP contribution in [-0.2, 0) is 0 Å². The number of nitrogens with zero attached hydrogens (tertiary/aromatic N) is 1. The molecule has 0 amide bonds. The Labute approximate surface area is 132 Å². The smallest absolute Gasteiger partial charge is 0.114 e. The Morgan fingerprint density at radius 2 is 1.57 bits per heavy atom. The van der Waals surface area contributed by atoms with Gasteiger partial charge in [-0.1, -0.05) is 78.1 Å². The van der Waals surface area contributed by atoms with Crippen molar-refractivity contribution < 1.29 is 0 Å². The molecular weight excluding hydrogens is 258 g/mol. The summed E-state index contributed by atoms with van der Waals surface area (Å²) in [6.07, 6.45) is 15.2. The Morgan fingerprint density at radius 3 is 2.10 bits per heavy atom. The first-order valence-corrected chi connectivity index (χ1v) is 9.29. The van der Waals surface area contributed by atoms with Crippen molar-refractivity contribution in [3.63, 3.8) is 0 Å². The van der Waals surface area contributed by atoms with Gasteiger partial charge in [0.15, 0.2) is 0 Å². The summed E-state index contributed by atoms with van der Waals surface area (Å²) in [5.74, 6) is 1.58. The van der Waals surface area contributed by atoms with E-state index in [1.165, 1.54) is 70.6 Å². The number of hydrogen-bond acceptors (Lipinski definition) is 3. The second-order valence-electron chi connectivity index (χ2n) is 6.67. The number of amidine groups is 1. The summed E-state index contributed by atoms with van der Waals surface area (Å²) in [5.41, 5.74) is 6.25. The van der Waals surface area contributed by atoms with Crippen LogP contribution in [0.2, 0.25) is 0 Å². The maximum atomic E-state index is 6.25. The Kier molecular flexibility index (Phi) is 10.6. The molecule has 0 aliphatic carbocycles. The van der Waals surface area contributed by atoms with Gasteiger partial charge in [-0.2, -0.15) is 0 Å². The largest absolute Gasteiger partial charge is 0.371 e. The molecule has 1 heterocycles. The van der Waals surface area contributed by atoms with Crippen LogP contribution in [0.4, 0.5) is 0 Å². The predicted octanol–water partition coefficient (Wildman–Crippen LogP) is 4.26. The predicted molar refractivity (Wildman–Crippen MR) is 93.9 cm³/mol. The molecule has 0 fully saturated rings. The van der Waals surface area contributed by atoms with Gasteiger partial charge in [0.25, 0.3) is 0 Å². The van der Waals surface area contributed by atoms with Crippen LogP contribution in [0.3, 0.4) is 0 Å². The van der Waals surface area contributed by atoms with Gasteiger partial charge in [0, 0.05) is 6.54 Å². The maximum absolute atomic E-state index is 6.25. The first-order valence-electron chi connectivity index (χ1n) is 9.29. The molecule has 1 aliphatic rings. The van der Waals surface area contributed by atoms with E-state index >= 15 is 0 Å². The Hall–Kier alpha value is -0.570. The van der Waals surface area contributed by atoms with E-state index in [1.54, 1.807) is 0 Å². The van der Waals surface area contributed by atoms with Crippen LogP contribution in [0.25, 0.3) is 0 Å². The van der Waals surface area contributed by atoms with Crippen molar-refractivity contribution in [3.05, 3.63) is 0 Å². The molecule has 3 N–H and O–H groups in total. The molecule has 0 bridgehead atoms. The van der Waals surface area contributed by atoms with Gasteiger partial charge in [-0.25, -0.2) is 0 Å². The quantitative estimate of drug-likeness (QED) is 0.499. The molecule has 21 heavy (non-hydrogen) atoms. The van der Waals surface area contributed by atoms with E-state index < -0.39 is 0 Å². The van der Waals surface area contributed by atoms with E-state index in [4.69, 9.17) is 5.73 Å². The van der Waals surface area contributed by atoms with Gasteiger partial charge in [0.1, 0.15) is 5.84 Å². The molecule has 0 radical (unpaired) electrons. The molecule has 2 atom stereocenters. The minimum absolute atomic E-state index is 0.117. The number of nitrogens with one attached hydrogen (secondary N) is 1. The Morgan fingerprint density at radius 1 is 1.00 bits per heavy atom. The first kappa shape index (κ1) is 18.5. The van der Waals surface area contributed by atoms with Crippen molar-refractivity contribution in [2.75, 3.05) is 13.1 Å². The van der Waals surface area contributed by atoms with Gasteiger partial charge in [0.2, 0.25) is 0 Å². The summed E-state index contributed by atoms with van der Waals surface area (Å²) in [4.78, 5) is 4.44. The van der Waals surface area contributed by atoms with Crippen LogP contribution >= 0.6 is 0 Å². The molecular formula is C18H37N3. The molecule has 124 valence electrons. The highest BCUT2D eigenvalue weighted by atomic mass is 15.1. The zero-order chi connectivity index (χ0) is 15.3.